The van der Waals surface area contributed by atoms with E-state index >= 15 is 0 Å². The maximum atomic E-state index is 11.3. The second-order valence-electron chi connectivity index (χ2n) is 3.75. The smallest absolute Gasteiger partial charge is 0.261 e. The third-order valence-electron chi connectivity index (χ3n) is 2.42. The summed E-state index contributed by atoms with van der Waals surface area (Å²) < 4.78 is 0. The van der Waals surface area contributed by atoms with Gasteiger partial charge in [0.15, 0.2) is 0 Å². The molecule has 0 aliphatic heterocycles. The standard InChI is InChI=1S/C13H14N2O2/c1-8-4-10(5-9(2)12(8)16)6-11(7-14)13(17)15-3/h4-6,16H,1-3H3,(H,15,17)/b11-6+. The lowest BCUT2D eigenvalue weighted by Gasteiger charge is -2.05. The molecule has 17 heavy (non-hydrogen) atoms. The normalized spacial score (nSPS) is 10.8. The number of amides is 1. The van der Waals surface area contributed by atoms with Crippen LogP contribution in [0.15, 0.2) is 17.7 Å². The summed E-state index contributed by atoms with van der Waals surface area (Å²) in [5, 5.41) is 20.9. The average Bonchev–Trinajstić information content (AvgIpc) is 2.31. The van der Waals surface area contributed by atoms with Gasteiger partial charge < -0.3 is 10.4 Å². The second-order valence-corrected chi connectivity index (χ2v) is 3.75. The first-order chi connectivity index (χ1) is 7.99. The Balaban J connectivity index is 3.23. The molecule has 0 saturated carbocycles. The van der Waals surface area contributed by atoms with Gasteiger partial charge in [-0.15, -0.1) is 0 Å². The Labute approximate surface area is 100 Å². The molecule has 1 aromatic carbocycles. The second kappa shape index (κ2) is 5.17. The van der Waals surface area contributed by atoms with Crippen molar-refractivity contribution in [3.8, 4) is 11.8 Å². The number of nitriles is 1. The van der Waals surface area contributed by atoms with Gasteiger partial charge in [-0.1, -0.05) is 0 Å². The fourth-order valence-electron chi connectivity index (χ4n) is 1.52. The molecule has 0 atom stereocenters. The molecule has 2 N–H and O–H groups in total. The minimum atomic E-state index is -0.420. The van der Waals surface area contributed by atoms with Gasteiger partial charge in [0.2, 0.25) is 0 Å². The molecule has 0 spiro atoms. The van der Waals surface area contributed by atoms with Crippen molar-refractivity contribution in [3.63, 3.8) is 0 Å². The molecule has 1 rings (SSSR count). The van der Waals surface area contributed by atoms with E-state index in [-0.39, 0.29) is 11.3 Å². The number of nitrogens with zero attached hydrogens (tertiary/aromatic N) is 1. The van der Waals surface area contributed by atoms with Gasteiger partial charge in [0, 0.05) is 7.05 Å². The Bertz CT molecular complexity index is 502. The van der Waals surface area contributed by atoms with E-state index in [0.29, 0.717) is 11.1 Å². The Morgan fingerprint density at radius 3 is 2.35 bits per heavy atom. The molecule has 88 valence electrons. The molecule has 0 fully saturated rings. The van der Waals surface area contributed by atoms with Crippen molar-refractivity contribution in [2.75, 3.05) is 7.05 Å². The first-order valence-electron chi connectivity index (χ1n) is 5.13. The van der Waals surface area contributed by atoms with Gasteiger partial charge in [-0.25, -0.2) is 0 Å². The minimum absolute atomic E-state index is 0.0389. The number of hydrogen-bond donors (Lipinski definition) is 2. The van der Waals surface area contributed by atoms with E-state index in [2.05, 4.69) is 5.32 Å². The van der Waals surface area contributed by atoms with Gasteiger partial charge in [0.1, 0.15) is 17.4 Å². The van der Waals surface area contributed by atoms with E-state index in [1.54, 1.807) is 26.0 Å². The van der Waals surface area contributed by atoms with E-state index < -0.39 is 5.91 Å². The van der Waals surface area contributed by atoms with Crippen LogP contribution in [0.3, 0.4) is 0 Å². The predicted molar refractivity (Wildman–Crippen MR) is 65.2 cm³/mol. The third-order valence-corrected chi connectivity index (χ3v) is 2.42. The molecular formula is C13H14N2O2. The number of aryl methyl sites for hydroxylation is 2. The van der Waals surface area contributed by atoms with Gasteiger partial charge in [-0.3, -0.25) is 4.79 Å². The summed E-state index contributed by atoms with van der Waals surface area (Å²) in [6, 6.07) is 5.29. The predicted octanol–water partition coefficient (Wildman–Crippen LogP) is 1.66. The van der Waals surface area contributed by atoms with Crippen molar-refractivity contribution in [1.82, 2.24) is 5.32 Å². The Morgan fingerprint density at radius 2 is 1.94 bits per heavy atom. The van der Waals surface area contributed by atoms with Crippen LogP contribution >= 0.6 is 0 Å². The molecule has 0 saturated heterocycles. The van der Waals surface area contributed by atoms with E-state index in [9.17, 15) is 9.90 Å². The van der Waals surface area contributed by atoms with Gasteiger partial charge >= 0.3 is 0 Å². The zero-order valence-electron chi connectivity index (χ0n) is 10.0. The maximum absolute atomic E-state index is 11.3. The first kappa shape index (κ1) is 12.8. The molecule has 0 radical (unpaired) electrons. The highest BCUT2D eigenvalue weighted by molar-refractivity contribution is 6.01. The van der Waals surface area contributed by atoms with E-state index in [4.69, 9.17) is 5.26 Å². The quantitative estimate of drug-likeness (QED) is 0.599. The van der Waals surface area contributed by atoms with E-state index in [1.165, 1.54) is 13.1 Å². The summed E-state index contributed by atoms with van der Waals surface area (Å²) in [7, 11) is 1.47. The highest BCUT2D eigenvalue weighted by Crippen LogP contribution is 2.24. The van der Waals surface area contributed by atoms with E-state index in [0.717, 1.165) is 5.56 Å². The van der Waals surface area contributed by atoms with Crippen molar-refractivity contribution < 1.29 is 9.90 Å². The van der Waals surface area contributed by atoms with Crippen LogP contribution in [0.1, 0.15) is 16.7 Å². The number of rotatable bonds is 2. The molecule has 0 bridgehead atoms. The maximum Gasteiger partial charge on any atom is 0.261 e. The molecule has 1 amide bonds. The minimum Gasteiger partial charge on any atom is -0.507 e. The Morgan fingerprint density at radius 1 is 1.41 bits per heavy atom. The highest BCUT2D eigenvalue weighted by Gasteiger charge is 2.07. The molecule has 0 heterocycles. The topological polar surface area (TPSA) is 73.1 Å². The molecule has 4 heteroatoms. The monoisotopic (exact) mass is 230 g/mol. The SMILES string of the molecule is CNC(=O)/C(C#N)=C/c1cc(C)c(O)c(C)c1. The number of carbonyl (C=O) groups excluding carboxylic acids is 1. The number of phenols is 1. The summed E-state index contributed by atoms with van der Waals surface area (Å²) in [6.07, 6.45) is 1.50. The van der Waals surface area contributed by atoms with Crippen molar-refractivity contribution in [1.29, 1.82) is 5.26 Å². The zero-order valence-corrected chi connectivity index (χ0v) is 10.0. The van der Waals surface area contributed by atoms with Crippen molar-refractivity contribution in [2.45, 2.75) is 13.8 Å². The summed E-state index contributed by atoms with van der Waals surface area (Å²) in [5.41, 5.74) is 2.19. The summed E-state index contributed by atoms with van der Waals surface area (Å²) in [4.78, 5) is 11.3. The van der Waals surface area contributed by atoms with Crippen molar-refractivity contribution >= 4 is 12.0 Å². The number of nitrogens with one attached hydrogen (secondary N) is 1. The third kappa shape index (κ3) is 2.85. The van der Waals surface area contributed by atoms with Crippen LogP contribution in [-0.4, -0.2) is 18.1 Å². The van der Waals surface area contributed by atoms with Gasteiger partial charge in [-0.2, -0.15) is 5.26 Å². The molecule has 0 unspecified atom stereocenters. The van der Waals surface area contributed by atoms with Gasteiger partial charge in [-0.05, 0) is 48.7 Å². The number of hydrogen-bond acceptors (Lipinski definition) is 3. The number of phenolic OH excluding ortho intramolecular Hbond substituents is 1. The number of aromatic hydroxyl groups is 1. The van der Waals surface area contributed by atoms with Crippen LogP contribution in [0, 0.1) is 25.2 Å². The lowest BCUT2D eigenvalue weighted by molar-refractivity contribution is -0.116. The van der Waals surface area contributed by atoms with Crippen molar-refractivity contribution in [2.24, 2.45) is 0 Å². The van der Waals surface area contributed by atoms with Crippen LogP contribution < -0.4 is 5.32 Å². The van der Waals surface area contributed by atoms with Gasteiger partial charge in [0.25, 0.3) is 5.91 Å². The summed E-state index contributed by atoms with van der Waals surface area (Å²) in [5.74, 6) is -0.184. The molecule has 0 aromatic heterocycles. The summed E-state index contributed by atoms with van der Waals surface area (Å²) in [6.45, 7) is 3.54. The lowest BCUT2D eigenvalue weighted by Crippen LogP contribution is -2.19. The van der Waals surface area contributed by atoms with Crippen LogP contribution in [0.4, 0.5) is 0 Å². The molecule has 4 nitrogen and oxygen atoms in total. The first-order valence-corrected chi connectivity index (χ1v) is 5.13. The largest absolute Gasteiger partial charge is 0.507 e. The lowest BCUT2D eigenvalue weighted by atomic mass is 10.0. The molecule has 0 aliphatic carbocycles. The summed E-state index contributed by atoms with van der Waals surface area (Å²) >= 11 is 0. The van der Waals surface area contributed by atoms with Crippen molar-refractivity contribution in [3.05, 3.63) is 34.4 Å². The fraction of sp³-hybridized carbons (Fsp3) is 0.231. The fourth-order valence-corrected chi connectivity index (χ4v) is 1.52. The van der Waals surface area contributed by atoms with Gasteiger partial charge in [0.05, 0.1) is 0 Å². The number of carbonyl (C=O) groups is 1. The molecular weight excluding hydrogens is 216 g/mol. The van der Waals surface area contributed by atoms with Crippen LogP contribution in [0.25, 0.3) is 6.08 Å². The zero-order chi connectivity index (χ0) is 13.0. The van der Waals surface area contributed by atoms with Crippen LogP contribution in [0.5, 0.6) is 5.75 Å². The van der Waals surface area contributed by atoms with Crippen LogP contribution in [-0.2, 0) is 4.79 Å². The molecule has 1 aromatic rings. The Kier molecular flexibility index (Phi) is 3.89. The molecule has 0 aliphatic rings. The Hall–Kier alpha value is -2.28. The number of likely N-dealkylation sites (N-methyl/N-ethyl adjacent to an activating group) is 1. The average molecular weight is 230 g/mol. The highest BCUT2D eigenvalue weighted by atomic mass is 16.3. The number of benzene rings is 1. The van der Waals surface area contributed by atoms with Crippen LogP contribution in [0.2, 0.25) is 0 Å². The van der Waals surface area contributed by atoms with E-state index in [1.807, 2.05) is 6.07 Å².